The van der Waals surface area contributed by atoms with Crippen molar-refractivity contribution >= 4 is 22.8 Å². The molecule has 3 aliphatic heterocycles. The Morgan fingerprint density at radius 3 is 2.19 bits per heavy atom. The van der Waals surface area contributed by atoms with Crippen LogP contribution in [0.15, 0.2) is 66.9 Å². The van der Waals surface area contributed by atoms with E-state index in [0.29, 0.717) is 18.3 Å². The number of H-pyrrole nitrogens is 1. The summed E-state index contributed by atoms with van der Waals surface area (Å²) in [4.78, 5) is 24.9. The number of rotatable bonds is 5. The average molecular weight is 434 g/mol. The van der Waals surface area contributed by atoms with Crippen LogP contribution in [0.25, 0.3) is 22.0 Å². The highest BCUT2D eigenvalue weighted by Gasteiger charge is 2.35. The first-order valence-corrected chi connectivity index (χ1v) is 10.7. The largest absolute Gasteiger partial charge is 0.489 e. The highest BCUT2D eigenvalue weighted by molar-refractivity contribution is 5.89. The van der Waals surface area contributed by atoms with Crippen molar-refractivity contribution in [2.45, 2.75) is 18.9 Å². The third-order valence-electron chi connectivity index (χ3n) is 5.99. The monoisotopic (exact) mass is 434 g/mol. The van der Waals surface area contributed by atoms with E-state index in [-0.39, 0.29) is 0 Å². The lowest BCUT2D eigenvalue weighted by molar-refractivity contribution is -0.134. The first-order valence-electron chi connectivity index (χ1n) is 10.7. The molecule has 32 heavy (non-hydrogen) atoms. The Labute approximate surface area is 185 Å². The molecule has 7 nitrogen and oxygen atoms in total. The van der Waals surface area contributed by atoms with E-state index in [0.717, 1.165) is 18.2 Å². The van der Waals surface area contributed by atoms with Crippen LogP contribution >= 0.6 is 0 Å². The first-order chi connectivity index (χ1) is 15.5. The summed E-state index contributed by atoms with van der Waals surface area (Å²) in [6.45, 7) is 3.60. The minimum Gasteiger partial charge on any atom is -0.489 e. The van der Waals surface area contributed by atoms with Crippen LogP contribution in [0.1, 0.15) is 12.8 Å². The summed E-state index contributed by atoms with van der Waals surface area (Å²) in [6, 6.07) is 17.2. The van der Waals surface area contributed by atoms with Crippen LogP contribution in [-0.2, 0) is 9.59 Å². The van der Waals surface area contributed by atoms with Gasteiger partial charge in [-0.1, -0.05) is 24.3 Å². The normalized spacial score (nSPS) is 21.8. The number of carboxylic acid groups (broad SMARTS) is 2. The van der Waals surface area contributed by atoms with Gasteiger partial charge in [0.25, 0.3) is 0 Å². The maximum Gasteiger partial charge on any atom is 0.328 e. The fourth-order valence-corrected chi connectivity index (χ4v) is 4.32. The number of nitrogens with zero attached hydrogens (tertiary/aromatic N) is 1. The van der Waals surface area contributed by atoms with Crippen molar-refractivity contribution in [3.8, 4) is 16.9 Å². The van der Waals surface area contributed by atoms with Crippen molar-refractivity contribution < 1.29 is 24.5 Å². The van der Waals surface area contributed by atoms with Gasteiger partial charge in [-0.15, -0.1) is 0 Å². The standard InChI is InChI=1S/C21H22N2O.C4H4O4/c1-2-18(13-20-16(1)7-10-22-20)15-3-5-19(6-4-15)24-21-14-23-11-8-17(21)9-12-23;5-3(6)1-2-4(7)8/h1-7,10,13,17,21-22H,8-9,11-12,14H2;1-2H,(H,5,6)(H,7,8). The lowest BCUT2D eigenvalue weighted by atomic mass is 9.86. The molecule has 1 atom stereocenters. The van der Waals surface area contributed by atoms with Crippen molar-refractivity contribution in [2.75, 3.05) is 19.6 Å². The van der Waals surface area contributed by atoms with Gasteiger partial charge >= 0.3 is 11.9 Å². The number of aromatic amines is 1. The summed E-state index contributed by atoms with van der Waals surface area (Å²) in [5.74, 6) is -0.775. The van der Waals surface area contributed by atoms with Crippen LogP contribution < -0.4 is 4.74 Å². The fourth-order valence-electron chi connectivity index (χ4n) is 4.32. The number of benzene rings is 2. The molecule has 3 fully saturated rings. The number of fused-ring (bicyclic) bond motifs is 4. The molecule has 1 aromatic heterocycles. The molecule has 0 spiro atoms. The molecule has 3 aliphatic rings. The zero-order valence-corrected chi connectivity index (χ0v) is 17.6. The van der Waals surface area contributed by atoms with E-state index in [9.17, 15) is 9.59 Å². The van der Waals surface area contributed by atoms with Gasteiger partial charge in [-0.25, -0.2) is 9.59 Å². The lowest BCUT2D eigenvalue weighted by Gasteiger charge is -2.44. The molecular weight excluding hydrogens is 408 g/mol. The minimum atomic E-state index is -1.26. The summed E-state index contributed by atoms with van der Waals surface area (Å²) in [7, 11) is 0. The zero-order chi connectivity index (χ0) is 22.5. The van der Waals surface area contributed by atoms with Crippen LogP contribution in [0.2, 0.25) is 0 Å². The summed E-state index contributed by atoms with van der Waals surface area (Å²) >= 11 is 0. The van der Waals surface area contributed by atoms with Crippen LogP contribution in [0.3, 0.4) is 0 Å². The quantitative estimate of drug-likeness (QED) is 0.524. The maximum atomic E-state index is 9.55. The first kappa shape index (κ1) is 21.6. The third-order valence-corrected chi connectivity index (χ3v) is 5.99. The Hall–Kier alpha value is -3.58. The molecule has 2 aromatic carbocycles. The van der Waals surface area contributed by atoms with Crippen molar-refractivity contribution in [2.24, 2.45) is 5.92 Å². The average Bonchev–Trinajstić information content (AvgIpc) is 3.27. The number of aliphatic carboxylic acids is 2. The number of carbonyl (C=O) groups is 2. The molecule has 3 aromatic rings. The summed E-state index contributed by atoms with van der Waals surface area (Å²) in [6.07, 6.45) is 6.05. The topological polar surface area (TPSA) is 103 Å². The van der Waals surface area contributed by atoms with Crippen molar-refractivity contribution in [3.63, 3.8) is 0 Å². The number of nitrogens with one attached hydrogen (secondary N) is 1. The van der Waals surface area contributed by atoms with Crippen LogP contribution in [0, 0.1) is 5.92 Å². The van der Waals surface area contributed by atoms with Crippen molar-refractivity contribution in [1.82, 2.24) is 9.88 Å². The maximum absolute atomic E-state index is 9.55. The van der Waals surface area contributed by atoms with Crippen molar-refractivity contribution in [1.29, 1.82) is 0 Å². The Morgan fingerprint density at radius 2 is 1.59 bits per heavy atom. The van der Waals surface area contributed by atoms with Gasteiger partial charge in [0, 0.05) is 30.4 Å². The minimum absolute atomic E-state index is 0.369. The molecule has 6 rings (SSSR count). The molecule has 0 amide bonds. The highest BCUT2D eigenvalue weighted by Crippen LogP contribution is 2.32. The van der Waals surface area contributed by atoms with E-state index in [1.54, 1.807) is 0 Å². The second kappa shape index (κ2) is 9.70. The number of aromatic nitrogens is 1. The van der Waals surface area contributed by atoms with E-state index in [4.69, 9.17) is 14.9 Å². The smallest absolute Gasteiger partial charge is 0.328 e. The predicted octanol–water partition coefficient (Wildman–Crippen LogP) is 4.02. The molecule has 166 valence electrons. The lowest BCUT2D eigenvalue weighted by Crippen LogP contribution is -2.52. The molecule has 2 bridgehead atoms. The number of ether oxygens (including phenoxy) is 1. The summed E-state index contributed by atoms with van der Waals surface area (Å²) in [5, 5.41) is 16.9. The van der Waals surface area contributed by atoms with E-state index < -0.39 is 11.9 Å². The summed E-state index contributed by atoms with van der Waals surface area (Å²) in [5.41, 5.74) is 3.65. The molecule has 0 saturated carbocycles. The van der Waals surface area contributed by atoms with E-state index in [1.165, 1.54) is 48.0 Å². The molecule has 4 heterocycles. The van der Waals surface area contributed by atoms with Crippen molar-refractivity contribution in [3.05, 3.63) is 66.9 Å². The third kappa shape index (κ3) is 5.36. The predicted molar refractivity (Wildman–Crippen MR) is 122 cm³/mol. The molecule has 7 heteroatoms. The molecule has 1 unspecified atom stereocenters. The Bertz CT molecular complexity index is 1090. The van der Waals surface area contributed by atoms with Gasteiger partial charge in [0.05, 0.1) is 0 Å². The molecule has 0 aliphatic carbocycles. The Balaban J connectivity index is 0.000000265. The van der Waals surface area contributed by atoms with Gasteiger partial charge in [-0.3, -0.25) is 4.90 Å². The van der Waals surface area contributed by atoms with E-state index in [1.807, 2.05) is 6.20 Å². The van der Waals surface area contributed by atoms with Gasteiger partial charge in [0.1, 0.15) is 11.9 Å². The molecule has 3 saturated heterocycles. The highest BCUT2D eigenvalue weighted by atomic mass is 16.5. The number of piperidine rings is 3. The van der Waals surface area contributed by atoms with Crippen LogP contribution in [-0.4, -0.2) is 57.8 Å². The number of carboxylic acids is 2. The second-order valence-electron chi connectivity index (χ2n) is 8.11. The fraction of sp³-hybridized carbons (Fsp3) is 0.280. The van der Waals surface area contributed by atoms with Gasteiger partial charge in [-0.2, -0.15) is 0 Å². The van der Waals surface area contributed by atoms with Gasteiger partial charge in [-0.05, 0) is 72.6 Å². The van der Waals surface area contributed by atoms with Gasteiger partial charge < -0.3 is 19.9 Å². The van der Waals surface area contributed by atoms with Crippen LogP contribution in [0.4, 0.5) is 0 Å². The second-order valence-corrected chi connectivity index (χ2v) is 8.11. The van der Waals surface area contributed by atoms with E-state index in [2.05, 4.69) is 58.4 Å². The van der Waals surface area contributed by atoms with E-state index >= 15 is 0 Å². The van der Waals surface area contributed by atoms with Crippen LogP contribution in [0.5, 0.6) is 5.75 Å². The Kier molecular flexibility index (Phi) is 6.56. The zero-order valence-electron chi connectivity index (χ0n) is 17.6. The molecular formula is C25H26N2O5. The SMILES string of the molecule is O=C(O)C=CC(=O)O.c1cc2ccc(-c3ccc(OC4CN5CCC4CC5)cc3)cc2[nH]1. The van der Waals surface area contributed by atoms with Gasteiger partial charge in [0.15, 0.2) is 0 Å². The number of hydrogen-bond acceptors (Lipinski definition) is 4. The van der Waals surface area contributed by atoms with Gasteiger partial charge in [0.2, 0.25) is 0 Å². The molecule has 0 radical (unpaired) electrons. The number of hydrogen-bond donors (Lipinski definition) is 3. The molecule has 3 N–H and O–H groups in total. The summed E-state index contributed by atoms with van der Waals surface area (Å²) < 4.78 is 6.29. The Morgan fingerprint density at radius 1 is 0.938 bits per heavy atom.